The Hall–Kier alpha value is -1.39. The lowest BCUT2D eigenvalue weighted by molar-refractivity contribution is -0.870. The summed E-state index contributed by atoms with van der Waals surface area (Å²) in [7, 11) is 6.16. The lowest BCUT2D eigenvalue weighted by atomic mass is 10.1. The molecule has 4 heteroatoms. The van der Waals surface area contributed by atoms with Gasteiger partial charge < -0.3 is 19.5 Å². The maximum absolute atomic E-state index is 10.5. The fraction of sp³-hybridized carbons (Fsp3) is 0.500. The van der Waals surface area contributed by atoms with Gasteiger partial charge in [-0.3, -0.25) is 0 Å². The summed E-state index contributed by atoms with van der Waals surface area (Å²) in [4.78, 5) is 10.5. The predicted octanol–water partition coefficient (Wildman–Crippen LogP) is 0.297. The van der Waals surface area contributed by atoms with Gasteiger partial charge in [0.2, 0.25) is 0 Å². The van der Waals surface area contributed by atoms with Crippen LogP contribution in [0.5, 0.6) is 0 Å². The quantitative estimate of drug-likeness (QED) is 0.785. The highest BCUT2D eigenvalue weighted by atomic mass is 16.4. The zero-order valence-electron chi connectivity index (χ0n) is 11.6. The van der Waals surface area contributed by atoms with E-state index in [-0.39, 0.29) is 6.61 Å². The molecule has 0 fully saturated rings. The van der Waals surface area contributed by atoms with Gasteiger partial charge in [0, 0.05) is 5.56 Å². The Morgan fingerprint density at radius 3 is 2.11 bits per heavy atom. The maximum atomic E-state index is 10.5. The second kappa shape index (κ2) is 7.84. The Morgan fingerprint density at radius 1 is 1.28 bits per heavy atom. The number of quaternary nitrogens is 1. The Balaban J connectivity index is 0.000000360. The highest BCUT2D eigenvalue weighted by Crippen LogP contribution is 2.07. The highest BCUT2D eigenvalue weighted by Gasteiger charge is 2.02. The normalized spacial score (nSPS) is 10.5. The lowest BCUT2D eigenvalue weighted by Gasteiger charge is -2.21. The largest absolute Gasteiger partial charge is 0.545 e. The summed E-state index contributed by atoms with van der Waals surface area (Å²) < 4.78 is 0.844. The molecular weight excluding hydrogens is 230 g/mol. The molecule has 1 N–H and O–H groups in total. The summed E-state index contributed by atoms with van der Waals surface area (Å²) in [6.07, 6.45) is 0.726. The Labute approximate surface area is 109 Å². The van der Waals surface area contributed by atoms with E-state index in [9.17, 15) is 9.90 Å². The third-order valence-corrected chi connectivity index (χ3v) is 2.39. The minimum absolute atomic E-state index is 0.281. The molecule has 102 valence electrons. The van der Waals surface area contributed by atoms with Gasteiger partial charge in [-0.05, 0) is 12.0 Å². The molecule has 0 aromatic heterocycles. The molecule has 0 saturated heterocycles. The Kier molecular flexibility index (Phi) is 7.24. The molecule has 0 saturated carbocycles. The smallest absolute Gasteiger partial charge is 0.101 e. The average molecular weight is 253 g/mol. The number of likely N-dealkylation sites (N-methyl/N-ethyl adjacent to an activating group) is 1. The first-order chi connectivity index (χ1) is 8.31. The van der Waals surface area contributed by atoms with Crippen molar-refractivity contribution in [2.75, 3.05) is 34.3 Å². The maximum Gasteiger partial charge on any atom is 0.101 e. The second-order valence-electron chi connectivity index (χ2n) is 5.04. The van der Waals surface area contributed by atoms with Crippen molar-refractivity contribution < 1.29 is 19.5 Å². The van der Waals surface area contributed by atoms with Crippen LogP contribution in [0.1, 0.15) is 22.8 Å². The van der Waals surface area contributed by atoms with Crippen molar-refractivity contribution in [1.29, 1.82) is 0 Å². The van der Waals surface area contributed by atoms with E-state index in [1.54, 1.807) is 18.2 Å². The summed E-state index contributed by atoms with van der Waals surface area (Å²) in [5, 5.41) is 18.9. The molecule has 1 rings (SSSR count). The van der Waals surface area contributed by atoms with Crippen molar-refractivity contribution in [3.05, 3.63) is 35.4 Å². The van der Waals surface area contributed by atoms with E-state index in [2.05, 4.69) is 21.1 Å². The molecule has 1 aromatic carbocycles. The number of nitrogens with zero attached hydrogens (tertiary/aromatic N) is 1. The van der Waals surface area contributed by atoms with Crippen LogP contribution in [0.4, 0.5) is 0 Å². The number of benzene rings is 1. The van der Waals surface area contributed by atoms with Gasteiger partial charge in [0.1, 0.15) is 6.54 Å². The molecule has 0 radical (unpaired) electrons. The van der Waals surface area contributed by atoms with Crippen LogP contribution in [0.25, 0.3) is 0 Å². The lowest BCUT2D eigenvalue weighted by Crippen LogP contribution is -2.36. The molecule has 0 amide bonds. The fourth-order valence-electron chi connectivity index (χ4n) is 1.33. The number of aryl methyl sites for hydroxylation is 1. The highest BCUT2D eigenvalue weighted by molar-refractivity contribution is 5.87. The molecule has 0 bridgehead atoms. The minimum atomic E-state index is -1.09. The fourth-order valence-corrected chi connectivity index (χ4v) is 1.33. The standard InChI is InChI=1S/C9H10O2.C5H14NO/c1-2-7-5-3-4-6-8(7)9(10)11;1-6(2,3)4-5-7/h3-6H,2H2,1H3,(H,10,11);7H,4-5H2,1-3H3/q;+1/p-1. The predicted molar refractivity (Wildman–Crippen MR) is 70.1 cm³/mol. The number of carbonyl (C=O) groups excluding carboxylic acids is 1. The van der Waals surface area contributed by atoms with Crippen LogP contribution < -0.4 is 5.11 Å². The third-order valence-electron chi connectivity index (χ3n) is 2.39. The SMILES string of the molecule is CCc1ccccc1C(=O)[O-].C[N+](C)(C)CCO. The first-order valence-corrected chi connectivity index (χ1v) is 6.02. The first-order valence-electron chi connectivity index (χ1n) is 6.02. The summed E-state index contributed by atoms with van der Waals surface area (Å²) in [6.45, 7) is 3.03. The van der Waals surface area contributed by atoms with Gasteiger partial charge in [-0.15, -0.1) is 0 Å². The van der Waals surface area contributed by atoms with Crippen LogP contribution in [0.15, 0.2) is 24.3 Å². The van der Waals surface area contributed by atoms with Gasteiger partial charge in [0.15, 0.2) is 0 Å². The molecular formula is C14H23NO3. The molecule has 4 nitrogen and oxygen atoms in total. The van der Waals surface area contributed by atoms with E-state index in [1.165, 1.54) is 0 Å². The van der Waals surface area contributed by atoms with Gasteiger partial charge in [-0.2, -0.15) is 0 Å². The van der Waals surface area contributed by atoms with Crippen molar-refractivity contribution >= 4 is 5.97 Å². The Bertz CT molecular complexity index is 370. The molecule has 0 aliphatic carbocycles. The molecule has 0 heterocycles. The topological polar surface area (TPSA) is 60.4 Å². The number of aliphatic hydroxyl groups is 1. The van der Waals surface area contributed by atoms with Crippen LogP contribution in [-0.2, 0) is 6.42 Å². The van der Waals surface area contributed by atoms with Crippen molar-refractivity contribution in [1.82, 2.24) is 0 Å². The van der Waals surface area contributed by atoms with E-state index in [1.807, 2.05) is 13.0 Å². The zero-order chi connectivity index (χ0) is 14.2. The molecule has 0 aliphatic heterocycles. The van der Waals surface area contributed by atoms with Gasteiger partial charge in [0.05, 0.1) is 33.7 Å². The number of rotatable bonds is 4. The van der Waals surface area contributed by atoms with Gasteiger partial charge >= 0.3 is 0 Å². The van der Waals surface area contributed by atoms with Gasteiger partial charge in [-0.25, -0.2) is 0 Å². The summed E-state index contributed by atoms with van der Waals surface area (Å²) in [5.41, 5.74) is 1.13. The van der Waals surface area contributed by atoms with Crippen LogP contribution in [0.3, 0.4) is 0 Å². The third kappa shape index (κ3) is 7.04. The summed E-state index contributed by atoms with van der Waals surface area (Å²) in [6, 6.07) is 6.88. The first kappa shape index (κ1) is 16.6. The van der Waals surface area contributed by atoms with Crippen molar-refractivity contribution in [2.24, 2.45) is 0 Å². The van der Waals surface area contributed by atoms with Crippen LogP contribution in [0.2, 0.25) is 0 Å². The number of hydrogen-bond donors (Lipinski definition) is 1. The van der Waals surface area contributed by atoms with E-state index in [4.69, 9.17) is 5.11 Å². The van der Waals surface area contributed by atoms with E-state index in [0.29, 0.717) is 5.56 Å². The zero-order valence-corrected chi connectivity index (χ0v) is 11.6. The number of carboxylic acids is 1. The van der Waals surface area contributed by atoms with Crippen molar-refractivity contribution in [2.45, 2.75) is 13.3 Å². The monoisotopic (exact) mass is 253 g/mol. The van der Waals surface area contributed by atoms with E-state index in [0.717, 1.165) is 23.0 Å². The molecule has 0 spiro atoms. The minimum Gasteiger partial charge on any atom is -0.545 e. The number of hydrogen-bond acceptors (Lipinski definition) is 3. The molecule has 0 atom stereocenters. The summed E-state index contributed by atoms with van der Waals surface area (Å²) >= 11 is 0. The van der Waals surface area contributed by atoms with E-state index < -0.39 is 5.97 Å². The van der Waals surface area contributed by atoms with Crippen LogP contribution in [-0.4, -0.2) is 49.9 Å². The number of aliphatic hydroxyl groups excluding tert-OH is 1. The van der Waals surface area contributed by atoms with Crippen LogP contribution in [0, 0.1) is 0 Å². The van der Waals surface area contributed by atoms with Gasteiger partial charge in [0.25, 0.3) is 0 Å². The van der Waals surface area contributed by atoms with Crippen molar-refractivity contribution in [3.8, 4) is 0 Å². The summed E-state index contributed by atoms with van der Waals surface area (Å²) in [5.74, 6) is -1.09. The average Bonchev–Trinajstić information content (AvgIpc) is 2.28. The van der Waals surface area contributed by atoms with Crippen molar-refractivity contribution in [3.63, 3.8) is 0 Å². The molecule has 0 aliphatic rings. The van der Waals surface area contributed by atoms with E-state index >= 15 is 0 Å². The van der Waals surface area contributed by atoms with Crippen LogP contribution >= 0.6 is 0 Å². The number of carboxylic acid groups (broad SMARTS) is 1. The van der Waals surface area contributed by atoms with Gasteiger partial charge in [-0.1, -0.05) is 31.2 Å². The number of aromatic carboxylic acids is 1. The Morgan fingerprint density at radius 2 is 1.83 bits per heavy atom. The second-order valence-corrected chi connectivity index (χ2v) is 5.04. The molecule has 1 aromatic rings. The molecule has 18 heavy (non-hydrogen) atoms. The number of carbonyl (C=O) groups is 1. The molecule has 0 unspecified atom stereocenters.